The van der Waals surface area contributed by atoms with Crippen LogP contribution in [0.1, 0.15) is 32.6 Å². The SMILES string of the molecule is CCNC(CN(C)CC1CCCCO1)C1CCOC1. The Balaban J connectivity index is 1.74. The number of likely N-dealkylation sites (N-methyl/N-ethyl adjacent to an activating group) is 2. The number of hydrogen-bond acceptors (Lipinski definition) is 4. The predicted molar refractivity (Wildman–Crippen MR) is 77.5 cm³/mol. The monoisotopic (exact) mass is 270 g/mol. The highest BCUT2D eigenvalue weighted by atomic mass is 16.5. The lowest BCUT2D eigenvalue weighted by Crippen LogP contribution is -2.46. The summed E-state index contributed by atoms with van der Waals surface area (Å²) in [5.41, 5.74) is 0. The topological polar surface area (TPSA) is 33.7 Å². The van der Waals surface area contributed by atoms with Crippen LogP contribution in [0.3, 0.4) is 0 Å². The van der Waals surface area contributed by atoms with Crippen molar-refractivity contribution in [3.8, 4) is 0 Å². The van der Waals surface area contributed by atoms with Crippen LogP contribution in [0.25, 0.3) is 0 Å². The quantitative estimate of drug-likeness (QED) is 0.760. The number of nitrogens with one attached hydrogen (secondary N) is 1. The lowest BCUT2D eigenvalue weighted by atomic mass is 9.98. The fraction of sp³-hybridized carbons (Fsp3) is 1.00. The number of nitrogens with zero attached hydrogens (tertiary/aromatic N) is 1. The molecule has 2 rings (SSSR count). The Morgan fingerprint density at radius 3 is 2.79 bits per heavy atom. The first-order valence-electron chi connectivity index (χ1n) is 7.91. The van der Waals surface area contributed by atoms with Crippen molar-refractivity contribution in [2.75, 3.05) is 46.5 Å². The molecule has 0 aromatic rings. The summed E-state index contributed by atoms with van der Waals surface area (Å²) < 4.78 is 11.4. The summed E-state index contributed by atoms with van der Waals surface area (Å²) in [5.74, 6) is 0.676. The summed E-state index contributed by atoms with van der Waals surface area (Å²) in [6, 6.07) is 0.557. The lowest BCUT2D eigenvalue weighted by Gasteiger charge is -2.32. The summed E-state index contributed by atoms with van der Waals surface area (Å²) in [6.45, 7) is 8.19. The van der Waals surface area contributed by atoms with Crippen molar-refractivity contribution in [2.45, 2.75) is 44.8 Å². The Morgan fingerprint density at radius 2 is 2.16 bits per heavy atom. The molecule has 0 aromatic carbocycles. The van der Waals surface area contributed by atoms with E-state index in [1.54, 1.807) is 0 Å². The molecule has 2 saturated heterocycles. The van der Waals surface area contributed by atoms with Gasteiger partial charge in [0, 0.05) is 38.3 Å². The molecule has 112 valence electrons. The minimum absolute atomic E-state index is 0.445. The Hall–Kier alpha value is -0.160. The predicted octanol–water partition coefficient (Wildman–Crippen LogP) is 1.50. The third-order valence-corrected chi connectivity index (χ3v) is 4.30. The number of hydrogen-bond donors (Lipinski definition) is 1. The molecule has 0 amide bonds. The molecule has 0 aliphatic carbocycles. The lowest BCUT2D eigenvalue weighted by molar-refractivity contribution is -0.00358. The van der Waals surface area contributed by atoms with E-state index < -0.39 is 0 Å². The van der Waals surface area contributed by atoms with Crippen molar-refractivity contribution in [3.63, 3.8) is 0 Å². The molecule has 0 aromatic heterocycles. The van der Waals surface area contributed by atoms with Crippen LogP contribution in [-0.4, -0.2) is 63.5 Å². The van der Waals surface area contributed by atoms with Gasteiger partial charge in [0.25, 0.3) is 0 Å². The Labute approximate surface area is 117 Å². The number of rotatable bonds is 7. The zero-order valence-corrected chi connectivity index (χ0v) is 12.6. The van der Waals surface area contributed by atoms with Crippen LogP contribution in [-0.2, 0) is 9.47 Å². The minimum atomic E-state index is 0.445. The van der Waals surface area contributed by atoms with Crippen LogP contribution in [0.15, 0.2) is 0 Å². The second kappa shape index (κ2) is 8.20. The van der Waals surface area contributed by atoms with E-state index in [1.807, 2.05) is 0 Å². The van der Waals surface area contributed by atoms with Gasteiger partial charge >= 0.3 is 0 Å². The van der Waals surface area contributed by atoms with Gasteiger partial charge in [-0.15, -0.1) is 0 Å². The molecule has 3 unspecified atom stereocenters. The van der Waals surface area contributed by atoms with Gasteiger partial charge in [-0.25, -0.2) is 0 Å². The second-order valence-corrected chi connectivity index (χ2v) is 6.00. The van der Waals surface area contributed by atoms with Gasteiger partial charge in [0.1, 0.15) is 0 Å². The standard InChI is InChI=1S/C15H30N2O2/c1-3-16-15(13-7-9-18-12-13)11-17(2)10-14-6-4-5-8-19-14/h13-16H,3-12H2,1-2H3. The van der Waals surface area contributed by atoms with Crippen molar-refractivity contribution in [2.24, 2.45) is 5.92 Å². The maximum atomic E-state index is 5.83. The third kappa shape index (κ3) is 5.03. The molecular weight excluding hydrogens is 240 g/mol. The fourth-order valence-electron chi connectivity index (χ4n) is 3.22. The summed E-state index contributed by atoms with van der Waals surface area (Å²) in [4.78, 5) is 2.43. The summed E-state index contributed by atoms with van der Waals surface area (Å²) in [7, 11) is 2.22. The van der Waals surface area contributed by atoms with Crippen molar-refractivity contribution < 1.29 is 9.47 Å². The molecule has 2 aliphatic rings. The van der Waals surface area contributed by atoms with Crippen molar-refractivity contribution >= 4 is 0 Å². The van der Waals surface area contributed by atoms with Gasteiger partial charge in [-0.2, -0.15) is 0 Å². The van der Waals surface area contributed by atoms with Gasteiger partial charge in [-0.05, 0) is 39.3 Å². The normalized spacial score (nSPS) is 29.8. The van der Waals surface area contributed by atoms with Crippen molar-refractivity contribution in [3.05, 3.63) is 0 Å². The second-order valence-electron chi connectivity index (χ2n) is 6.00. The summed E-state index contributed by atoms with van der Waals surface area (Å²) in [6.07, 6.45) is 5.43. The van der Waals surface area contributed by atoms with Gasteiger partial charge in [-0.1, -0.05) is 6.92 Å². The van der Waals surface area contributed by atoms with Gasteiger partial charge in [0.15, 0.2) is 0 Å². The van der Waals surface area contributed by atoms with E-state index >= 15 is 0 Å². The van der Waals surface area contributed by atoms with Crippen LogP contribution in [0.2, 0.25) is 0 Å². The smallest absolute Gasteiger partial charge is 0.0701 e. The van der Waals surface area contributed by atoms with E-state index in [9.17, 15) is 0 Å². The third-order valence-electron chi connectivity index (χ3n) is 4.30. The summed E-state index contributed by atoms with van der Waals surface area (Å²) in [5, 5.41) is 3.63. The maximum Gasteiger partial charge on any atom is 0.0701 e. The molecule has 0 radical (unpaired) electrons. The van der Waals surface area contributed by atoms with E-state index in [2.05, 4.69) is 24.2 Å². The maximum absolute atomic E-state index is 5.83. The molecular formula is C15H30N2O2. The first kappa shape index (κ1) is 15.2. The molecule has 2 aliphatic heterocycles. The van der Waals surface area contributed by atoms with E-state index in [1.165, 1.54) is 25.7 Å². The molecule has 19 heavy (non-hydrogen) atoms. The molecule has 0 saturated carbocycles. The van der Waals surface area contributed by atoms with Crippen LogP contribution in [0.5, 0.6) is 0 Å². The van der Waals surface area contributed by atoms with E-state index in [-0.39, 0.29) is 0 Å². The average Bonchev–Trinajstić information content (AvgIpc) is 2.93. The molecule has 2 heterocycles. The number of ether oxygens (including phenoxy) is 2. The summed E-state index contributed by atoms with van der Waals surface area (Å²) >= 11 is 0. The fourth-order valence-corrected chi connectivity index (χ4v) is 3.22. The first-order chi connectivity index (χ1) is 9.29. The molecule has 4 heteroatoms. The zero-order valence-electron chi connectivity index (χ0n) is 12.6. The minimum Gasteiger partial charge on any atom is -0.381 e. The van der Waals surface area contributed by atoms with Crippen LogP contribution in [0.4, 0.5) is 0 Å². The Kier molecular flexibility index (Phi) is 6.57. The molecule has 3 atom stereocenters. The zero-order chi connectivity index (χ0) is 13.5. The molecule has 2 fully saturated rings. The molecule has 0 bridgehead atoms. The Bertz CT molecular complexity index is 238. The highest BCUT2D eigenvalue weighted by molar-refractivity contribution is 4.82. The highest BCUT2D eigenvalue weighted by Gasteiger charge is 2.26. The van der Waals surface area contributed by atoms with Crippen LogP contribution in [0, 0.1) is 5.92 Å². The van der Waals surface area contributed by atoms with E-state index in [4.69, 9.17) is 9.47 Å². The van der Waals surface area contributed by atoms with Gasteiger partial charge < -0.3 is 19.7 Å². The van der Waals surface area contributed by atoms with Crippen molar-refractivity contribution in [1.82, 2.24) is 10.2 Å². The largest absolute Gasteiger partial charge is 0.381 e. The van der Waals surface area contributed by atoms with Gasteiger partial charge in [-0.3, -0.25) is 0 Å². The van der Waals surface area contributed by atoms with E-state index in [0.29, 0.717) is 18.1 Å². The Morgan fingerprint density at radius 1 is 1.26 bits per heavy atom. The van der Waals surface area contributed by atoms with Crippen molar-refractivity contribution in [1.29, 1.82) is 0 Å². The van der Waals surface area contributed by atoms with Crippen LogP contribution >= 0.6 is 0 Å². The molecule has 1 N–H and O–H groups in total. The van der Waals surface area contributed by atoms with Gasteiger partial charge in [0.2, 0.25) is 0 Å². The first-order valence-corrected chi connectivity index (χ1v) is 7.91. The van der Waals surface area contributed by atoms with Crippen LogP contribution < -0.4 is 5.32 Å². The molecule has 0 spiro atoms. The molecule has 4 nitrogen and oxygen atoms in total. The average molecular weight is 270 g/mol. The van der Waals surface area contributed by atoms with E-state index in [0.717, 1.165) is 39.5 Å². The highest BCUT2D eigenvalue weighted by Crippen LogP contribution is 2.18. The van der Waals surface area contributed by atoms with Gasteiger partial charge in [0.05, 0.1) is 12.7 Å².